The van der Waals surface area contributed by atoms with Gasteiger partial charge in [0.25, 0.3) is 5.91 Å². The van der Waals surface area contributed by atoms with E-state index in [1.165, 1.54) is 0 Å². The maximum atomic E-state index is 12.3. The van der Waals surface area contributed by atoms with Crippen molar-refractivity contribution in [1.82, 2.24) is 15.6 Å². The molecule has 0 saturated carbocycles. The molecular formula is C19H21Cl2N3O3. The molecule has 0 bridgehead atoms. The summed E-state index contributed by atoms with van der Waals surface area (Å²) in [5.41, 5.74) is 0.958. The number of carbonyl (C=O) groups is 2. The Labute approximate surface area is 168 Å². The third kappa shape index (κ3) is 5.84. The number of carbonyl (C=O) groups excluding carboxylic acids is 2. The predicted molar refractivity (Wildman–Crippen MR) is 105 cm³/mol. The third-order valence-electron chi connectivity index (χ3n) is 3.59. The summed E-state index contributed by atoms with van der Waals surface area (Å²) in [5.74, 6) is -0.355. The van der Waals surface area contributed by atoms with Crippen molar-refractivity contribution in [3.05, 3.63) is 57.7 Å². The topological polar surface area (TPSA) is 80.3 Å². The molecule has 6 nitrogen and oxygen atoms in total. The molecule has 2 rings (SSSR count). The minimum Gasteiger partial charge on any atom is -0.475 e. The van der Waals surface area contributed by atoms with E-state index >= 15 is 0 Å². The average molecular weight is 410 g/mol. The number of rotatable bonds is 7. The van der Waals surface area contributed by atoms with E-state index in [0.717, 1.165) is 5.56 Å². The summed E-state index contributed by atoms with van der Waals surface area (Å²) in [6, 6.07) is 7.56. The van der Waals surface area contributed by atoms with E-state index in [2.05, 4.69) is 15.6 Å². The lowest BCUT2D eigenvalue weighted by molar-refractivity contribution is -0.122. The SMILES string of the molecule is CC(C)Oc1ncccc1CNC(=O)C(C)NC(=O)c1cccc(Cl)c1Cl. The lowest BCUT2D eigenvalue weighted by atomic mass is 10.2. The minimum atomic E-state index is -0.765. The second kappa shape index (κ2) is 9.58. The number of benzene rings is 1. The van der Waals surface area contributed by atoms with Gasteiger partial charge in [0.05, 0.1) is 21.7 Å². The fraction of sp³-hybridized carbons (Fsp3) is 0.316. The van der Waals surface area contributed by atoms with Gasteiger partial charge in [-0.3, -0.25) is 9.59 Å². The Bertz CT molecular complexity index is 828. The van der Waals surface area contributed by atoms with Gasteiger partial charge in [0, 0.05) is 18.3 Å². The van der Waals surface area contributed by atoms with E-state index in [0.29, 0.717) is 5.88 Å². The molecule has 1 atom stereocenters. The Hall–Kier alpha value is -2.31. The zero-order chi connectivity index (χ0) is 20.0. The molecule has 0 spiro atoms. The van der Waals surface area contributed by atoms with Crippen LogP contribution in [0, 0.1) is 0 Å². The van der Waals surface area contributed by atoms with Gasteiger partial charge in [-0.15, -0.1) is 0 Å². The number of ether oxygens (including phenoxy) is 1. The van der Waals surface area contributed by atoms with Crippen LogP contribution in [0.2, 0.25) is 10.0 Å². The number of hydrogen-bond acceptors (Lipinski definition) is 4. The van der Waals surface area contributed by atoms with Gasteiger partial charge in [0.2, 0.25) is 11.8 Å². The Morgan fingerprint density at radius 1 is 1.15 bits per heavy atom. The van der Waals surface area contributed by atoms with E-state index in [9.17, 15) is 9.59 Å². The molecule has 2 N–H and O–H groups in total. The van der Waals surface area contributed by atoms with Crippen LogP contribution in [0.4, 0.5) is 0 Å². The first kappa shape index (κ1) is 21.0. The maximum absolute atomic E-state index is 12.3. The Morgan fingerprint density at radius 3 is 2.59 bits per heavy atom. The molecule has 1 aromatic carbocycles. The fourth-order valence-electron chi connectivity index (χ4n) is 2.24. The minimum absolute atomic E-state index is 0.0324. The van der Waals surface area contributed by atoms with E-state index in [-0.39, 0.29) is 34.2 Å². The highest BCUT2D eigenvalue weighted by Crippen LogP contribution is 2.25. The molecule has 1 unspecified atom stereocenters. The van der Waals surface area contributed by atoms with Gasteiger partial charge in [0.15, 0.2) is 0 Å². The molecule has 0 fully saturated rings. The van der Waals surface area contributed by atoms with E-state index < -0.39 is 11.9 Å². The summed E-state index contributed by atoms with van der Waals surface area (Å²) >= 11 is 12.0. The zero-order valence-corrected chi connectivity index (χ0v) is 16.8. The summed E-state index contributed by atoms with van der Waals surface area (Å²) < 4.78 is 5.63. The Kier molecular flexibility index (Phi) is 7.45. The summed E-state index contributed by atoms with van der Waals surface area (Å²) in [6.45, 7) is 5.61. The molecule has 0 radical (unpaired) electrons. The van der Waals surface area contributed by atoms with E-state index in [1.54, 1.807) is 37.4 Å². The van der Waals surface area contributed by atoms with Crippen molar-refractivity contribution in [2.45, 2.75) is 39.5 Å². The van der Waals surface area contributed by atoms with Crippen molar-refractivity contribution in [2.75, 3.05) is 0 Å². The van der Waals surface area contributed by atoms with Crippen molar-refractivity contribution < 1.29 is 14.3 Å². The summed E-state index contributed by atoms with van der Waals surface area (Å²) in [7, 11) is 0. The first-order valence-corrected chi connectivity index (χ1v) is 9.18. The molecule has 0 aliphatic rings. The Balaban J connectivity index is 1.96. The van der Waals surface area contributed by atoms with Gasteiger partial charge < -0.3 is 15.4 Å². The highest BCUT2D eigenvalue weighted by Gasteiger charge is 2.19. The van der Waals surface area contributed by atoms with Crippen molar-refractivity contribution >= 4 is 35.0 Å². The normalized spacial score (nSPS) is 11.8. The molecule has 144 valence electrons. The molecule has 0 aliphatic carbocycles. The average Bonchev–Trinajstić information content (AvgIpc) is 2.62. The molecular weight excluding hydrogens is 389 g/mol. The first-order chi connectivity index (χ1) is 12.8. The number of amides is 2. The van der Waals surface area contributed by atoms with E-state index in [4.69, 9.17) is 27.9 Å². The van der Waals surface area contributed by atoms with Gasteiger partial charge in [-0.2, -0.15) is 0 Å². The van der Waals surface area contributed by atoms with Crippen LogP contribution in [0.5, 0.6) is 5.88 Å². The molecule has 27 heavy (non-hydrogen) atoms. The molecule has 1 heterocycles. The summed E-state index contributed by atoms with van der Waals surface area (Å²) in [5, 5.41) is 5.79. The van der Waals surface area contributed by atoms with Crippen molar-refractivity contribution in [3.8, 4) is 5.88 Å². The number of nitrogens with one attached hydrogen (secondary N) is 2. The van der Waals surface area contributed by atoms with Crippen molar-refractivity contribution in [1.29, 1.82) is 0 Å². The van der Waals surface area contributed by atoms with Crippen LogP contribution in [0.3, 0.4) is 0 Å². The van der Waals surface area contributed by atoms with Crippen LogP contribution in [-0.2, 0) is 11.3 Å². The second-order valence-electron chi connectivity index (χ2n) is 6.15. The van der Waals surface area contributed by atoms with Crippen molar-refractivity contribution in [3.63, 3.8) is 0 Å². The van der Waals surface area contributed by atoms with Gasteiger partial charge in [-0.1, -0.05) is 35.3 Å². The number of aromatic nitrogens is 1. The molecule has 1 aromatic heterocycles. The monoisotopic (exact) mass is 409 g/mol. The fourth-order valence-corrected chi connectivity index (χ4v) is 2.63. The number of halogens is 2. The Morgan fingerprint density at radius 2 is 1.89 bits per heavy atom. The predicted octanol–water partition coefficient (Wildman–Crippen LogP) is 3.61. The summed E-state index contributed by atoms with van der Waals surface area (Å²) in [6.07, 6.45) is 1.59. The molecule has 0 saturated heterocycles. The molecule has 2 amide bonds. The van der Waals surface area contributed by atoms with Crippen LogP contribution in [0.1, 0.15) is 36.7 Å². The maximum Gasteiger partial charge on any atom is 0.253 e. The lowest BCUT2D eigenvalue weighted by Crippen LogP contribution is -2.44. The number of hydrogen-bond donors (Lipinski definition) is 2. The molecule has 8 heteroatoms. The number of pyridine rings is 1. The highest BCUT2D eigenvalue weighted by atomic mass is 35.5. The quantitative estimate of drug-likeness (QED) is 0.731. The lowest BCUT2D eigenvalue weighted by Gasteiger charge is -2.16. The standard InChI is InChI=1S/C19H21Cl2N3O3/c1-11(2)27-19-13(6-5-9-22-19)10-23-17(25)12(3)24-18(26)14-7-4-8-15(20)16(14)21/h4-9,11-12H,10H2,1-3H3,(H,23,25)(H,24,26). The van der Waals surface area contributed by atoms with Crippen LogP contribution < -0.4 is 15.4 Å². The van der Waals surface area contributed by atoms with Gasteiger partial charge in [-0.25, -0.2) is 4.98 Å². The molecule has 2 aromatic rings. The highest BCUT2D eigenvalue weighted by molar-refractivity contribution is 6.43. The van der Waals surface area contributed by atoms with Crippen LogP contribution in [-0.4, -0.2) is 28.9 Å². The number of nitrogens with zero attached hydrogens (tertiary/aromatic N) is 1. The van der Waals surface area contributed by atoms with Gasteiger partial charge in [0.1, 0.15) is 6.04 Å². The first-order valence-electron chi connectivity index (χ1n) is 8.42. The van der Waals surface area contributed by atoms with Gasteiger partial charge in [-0.05, 0) is 39.0 Å². The van der Waals surface area contributed by atoms with E-state index in [1.807, 2.05) is 19.9 Å². The van der Waals surface area contributed by atoms with Gasteiger partial charge >= 0.3 is 0 Å². The second-order valence-corrected chi connectivity index (χ2v) is 6.93. The van der Waals surface area contributed by atoms with Crippen molar-refractivity contribution in [2.24, 2.45) is 0 Å². The summed E-state index contributed by atoms with van der Waals surface area (Å²) in [4.78, 5) is 28.8. The van der Waals surface area contributed by atoms with Crippen LogP contribution >= 0.6 is 23.2 Å². The van der Waals surface area contributed by atoms with Crippen LogP contribution in [0.15, 0.2) is 36.5 Å². The smallest absolute Gasteiger partial charge is 0.253 e. The largest absolute Gasteiger partial charge is 0.475 e. The zero-order valence-electron chi connectivity index (χ0n) is 15.3. The van der Waals surface area contributed by atoms with Crippen LogP contribution in [0.25, 0.3) is 0 Å². The third-order valence-corrected chi connectivity index (χ3v) is 4.41. The molecule has 0 aliphatic heterocycles.